The molecule has 0 saturated heterocycles. The fraction of sp³-hybridized carbons (Fsp3) is 0.533. The Bertz CT molecular complexity index is 514. The number of hydrogen-bond donors (Lipinski definition) is 2. The second-order valence-corrected chi connectivity index (χ2v) is 5.68. The summed E-state index contributed by atoms with van der Waals surface area (Å²) in [4.78, 5) is 12.0. The minimum Gasteiger partial charge on any atom is -0.350 e. The van der Waals surface area contributed by atoms with Gasteiger partial charge in [0.25, 0.3) is 5.91 Å². The maximum Gasteiger partial charge on any atom is 0.416 e. The van der Waals surface area contributed by atoms with E-state index in [4.69, 9.17) is 5.73 Å². The van der Waals surface area contributed by atoms with E-state index in [1.165, 1.54) is 12.1 Å². The molecular formula is C15H20ClF3N2O. The first-order valence-corrected chi connectivity index (χ1v) is 7.05. The minimum absolute atomic E-state index is 0. The molecule has 2 rings (SSSR count). The molecule has 0 aromatic heterocycles. The summed E-state index contributed by atoms with van der Waals surface area (Å²) in [6.07, 6.45) is 0.396. The molecule has 0 spiro atoms. The quantitative estimate of drug-likeness (QED) is 0.887. The zero-order valence-electron chi connectivity index (χ0n) is 12.1. The predicted octanol–water partition coefficient (Wildman–Crippen LogP) is 3.52. The Balaban J connectivity index is 0.00000242. The number of hydrogen-bond acceptors (Lipinski definition) is 2. The van der Waals surface area contributed by atoms with Crippen molar-refractivity contribution in [2.45, 2.75) is 43.8 Å². The van der Waals surface area contributed by atoms with E-state index in [0.717, 1.165) is 44.2 Å². The molecule has 1 aliphatic rings. The summed E-state index contributed by atoms with van der Waals surface area (Å²) in [5.41, 5.74) is 4.94. The summed E-state index contributed by atoms with van der Waals surface area (Å²) in [5, 5.41) is 2.66. The van der Waals surface area contributed by atoms with Gasteiger partial charge in [0.1, 0.15) is 0 Å². The number of benzene rings is 1. The van der Waals surface area contributed by atoms with Crippen molar-refractivity contribution in [3.8, 4) is 0 Å². The van der Waals surface area contributed by atoms with Gasteiger partial charge in [-0.25, -0.2) is 0 Å². The Labute approximate surface area is 133 Å². The first-order valence-electron chi connectivity index (χ1n) is 7.05. The summed E-state index contributed by atoms with van der Waals surface area (Å²) >= 11 is 0. The van der Waals surface area contributed by atoms with Crippen LogP contribution in [0.5, 0.6) is 0 Å². The van der Waals surface area contributed by atoms with Gasteiger partial charge in [0, 0.05) is 17.6 Å². The van der Waals surface area contributed by atoms with Crippen LogP contribution in [0.3, 0.4) is 0 Å². The molecule has 7 heteroatoms. The van der Waals surface area contributed by atoms with Crippen LogP contribution in [0.2, 0.25) is 0 Å². The number of carbonyl (C=O) groups excluding carboxylic acids is 1. The normalized spacial score (nSPS) is 17.5. The Morgan fingerprint density at radius 1 is 1.23 bits per heavy atom. The molecule has 0 aliphatic heterocycles. The molecule has 0 heterocycles. The Morgan fingerprint density at radius 3 is 2.45 bits per heavy atom. The highest BCUT2D eigenvalue weighted by Gasteiger charge is 2.31. The van der Waals surface area contributed by atoms with Crippen LogP contribution in [0.1, 0.15) is 48.0 Å². The van der Waals surface area contributed by atoms with Crippen molar-refractivity contribution in [3.05, 3.63) is 35.4 Å². The Hall–Kier alpha value is -1.27. The Kier molecular flexibility index (Phi) is 6.26. The SMILES string of the molecule is Cl.NC1(CNC(=O)c2cccc(C(F)(F)F)c2)CCCCC1. The van der Waals surface area contributed by atoms with Crippen molar-refractivity contribution in [1.29, 1.82) is 0 Å². The van der Waals surface area contributed by atoms with Crippen LogP contribution in [0.4, 0.5) is 13.2 Å². The lowest BCUT2D eigenvalue weighted by molar-refractivity contribution is -0.137. The van der Waals surface area contributed by atoms with E-state index in [1.807, 2.05) is 0 Å². The number of halogens is 4. The largest absolute Gasteiger partial charge is 0.416 e. The molecule has 3 nitrogen and oxygen atoms in total. The minimum atomic E-state index is -4.45. The summed E-state index contributed by atoms with van der Waals surface area (Å²) in [6.45, 7) is 0.294. The van der Waals surface area contributed by atoms with Crippen LogP contribution in [0, 0.1) is 0 Å². The van der Waals surface area contributed by atoms with Crippen LogP contribution in [0.15, 0.2) is 24.3 Å². The summed E-state index contributed by atoms with van der Waals surface area (Å²) in [5.74, 6) is -0.517. The molecule has 0 radical (unpaired) electrons. The molecule has 22 heavy (non-hydrogen) atoms. The van der Waals surface area contributed by atoms with Gasteiger partial charge in [0.15, 0.2) is 0 Å². The van der Waals surface area contributed by atoms with Crippen molar-refractivity contribution in [1.82, 2.24) is 5.32 Å². The highest BCUT2D eigenvalue weighted by atomic mass is 35.5. The number of alkyl halides is 3. The third-order valence-corrected chi connectivity index (χ3v) is 3.90. The van der Waals surface area contributed by atoms with E-state index in [-0.39, 0.29) is 18.0 Å². The van der Waals surface area contributed by atoms with Gasteiger partial charge in [0.05, 0.1) is 5.56 Å². The second kappa shape index (κ2) is 7.33. The third kappa shape index (κ3) is 4.88. The van der Waals surface area contributed by atoms with Crippen molar-refractivity contribution >= 4 is 18.3 Å². The third-order valence-electron chi connectivity index (χ3n) is 3.90. The molecule has 0 bridgehead atoms. The maximum absolute atomic E-state index is 12.6. The Morgan fingerprint density at radius 2 is 1.86 bits per heavy atom. The van der Waals surface area contributed by atoms with Gasteiger partial charge in [0.2, 0.25) is 0 Å². The van der Waals surface area contributed by atoms with Gasteiger partial charge in [-0.3, -0.25) is 4.79 Å². The number of nitrogens with two attached hydrogens (primary N) is 1. The van der Waals surface area contributed by atoms with E-state index >= 15 is 0 Å². The summed E-state index contributed by atoms with van der Waals surface area (Å²) in [6, 6.07) is 4.41. The molecule has 1 aromatic carbocycles. The second-order valence-electron chi connectivity index (χ2n) is 5.68. The van der Waals surface area contributed by atoms with Crippen molar-refractivity contribution in [2.24, 2.45) is 5.73 Å². The fourth-order valence-electron chi connectivity index (χ4n) is 2.63. The zero-order valence-corrected chi connectivity index (χ0v) is 12.9. The van der Waals surface area contributed by atoms with Gasteiger partial charge in [-0.2, -0.15) is 13.2 Å². The van der Waals surface area contributed by atoms with Crippen LogP contribution < -0.4 is 11.1 Å². The van der Waals surface area contributed by atoms with Gasteiger partial charge in [-0.1, -0.05) is 25.3 Å². The first-order chi connectivity index (χ1) is 9.80. The molecule has 3 N–H and O–H groups in total. The standard InChI is InChI=1S/C15H19F3N2O.ClH/c16-15(17,18)12-6-4-5-11(9-12)13(21)20-10-14(19)7-2-1-3-8-14;/h4-6,9H,1-3,7-8,10,19H2,(H,20,21);1H. The van der Waals surface area contributed by atoms with E-state index in [9.17, 15) is 18.0 Å². The lowest BCUT2D eigenvalue weighted by atomic mass is 9.82. The maximum atomic E-state index is 12.6. The van der Waals surface area contributed by atoms with E-state index in [0.29, 0.717) is 6.54 Å². The van der Waals surface area contributed by atoms with Crippen molar-refractivity contribution in [2.75, 3.05) is 6.54 Å². The zero-order chi connectivity index (χ0) is 15.5. The van der Waals surface area contributed by atoms with Gasteiger partial charge >= 0.3 is 6.18 Å². The number of nitrogens with one attached hydrogen (secondary N) is 1. The summed E-state index contributed by atoms with van der Waals surface area (Å²) < 4.78 is 37.9. The van der Waals surface area contributed by atoms with Gasteiger partial charge in [-0.15, -0.1) is 12.4 Å². The highest BCUT2D eigenvalue weighted by molar-refractivity contribution is 5.94. The average Bonchev–Trinajstić information content (AvgIpc) is 2.45. The smallest absolute Gasteiger partial charge is 0.350 e. The molecule has 0 unspecified atom stereocenters. The van der Waals surface area contributed by atoms with E-state index in [1.54, 1.807) is 0 Å². The fourth-order valence-corrected chi connectivity index (χ4v) is 2.63. The molecule has 1 saturated carbocycles. The summed E-state index contributed by atoms with van der Waals surface area (Å²) in [7, 11) is 0. The monoisotopic (exact) mass is 336 g/mol. The average molecular weight is 337 g/mol. The van der Waals surface area contributed by atoms with Crippen LogP contribution >= 0.6 is 12.4 Å². The molecule has 124 valence electrons. The molecule has 1 amide bonds. The van der Waals surface area contributed by atoms with Gasteiger partial charge < -0.3 is 11.1 Å². The molecule has 1 fully saturated rings. The van der Waals surface area contributed by atoms with Crippen LogP contribution in [-0.2, 0) is 6.18 Å². The molecule has 1 aliphatic carbocycles. The number of rotatable bonds is 3. The molecular weight excluding hydrogens is 317 g/mol. The lowest BCUT2D eigenvalue weighted by Crippen LogP contribution is -2.51. The van der Waals surface area contributed by atoms with Crippen molar-refractivity contribution < 1.29 is 18.0 Å². The predicted molar refractivity (Wildman–Crippen MR) is 81.0 cm³/mol. The first kappa shape index (κ1) is 18.8. The van der Waals surface area contributed by atoms with E-state index < -0.39 is 23.2 Å². The molecule has 1 aromatic rings. The van der Waals surface area contributed by atoms with Crippen molar-refractivity contribution in [3.63, 3.8) is 0 Å². The van der Waals surface area contributed by atoms with Crippen LogP contribution in [-0.4, -0.2) is 18.0 Å². The van der Waals surface area contributed by atoms with E-state index in [2.05, 4.69) is 5.32 Å². The van der Waals surface area contributed by atoms with Crippen LogP contribution in [0.25, 0.3) is 0 Å². The topological polar surface area (TPSA) is 55.1 Å². The number of carbonyl (C=O) groups is 1. The lowest BCUT2D eigenvalue weighted by Gasteiger charge is -2.33. The highest BCUT2D eigenvalue weighted by Crippen LogP contribution is 2.29. The molecule has 0 atom stereocenters. The number of amides is 1. The van der Waals surface area contributed by atoms with Gasteiger partial charge in [-0.05, 0) is 31.0 Å².